The number of urea groups is 1. The van der Waals surface area contributed by atoms with E-state index in [9.17, 15) is 4.79 Å². The summed E-state index contributed by atoms with van der Waals surface area (Å²) in [5.74, 6) is 0. The van der Waals surface area contributed by atoms with E-state index in [2.05, 4.69) is 21.4 Å². The number of carbonyl (C=O) groups excluding carboxylic acids is 1. The Morgan fingerprint density at radius 3 is 2.80 bits per heavy atom. The summed E-state index contributed by atoms with van der Waals surface area (Å²) in [5.41, 5.74) is 2.98. The second-order valence-electron chi connectivity index (χ2n) is 6.35. The van der Waals surface area contributed by atoms with Crippen LogP contribution in [0, 0.1) is 0 Å². The van der Waals surface area contributed by atoms with Crippen LogP contribution in [0.25, 0.3) is 0 Å². The number of para-hydroxylation sites is 1. The maximum absolute atomic E-state index is 12.5. The van der Waals surface area contributed by atoms with E-state index in [-0.39, 0.29) is 6.03 Å². The molecule has 2 amide bonds. The van der Waals surface area contributed by atoms with Gasteiger partial charge in [0, 0.05) is 51.2 Å². The maximum Gasteiger partial charge on any atom is 0.321 e. The topological polar surface area (TPSA) is 62.6 Å². The normalized spacial score (nSPS) is 15.1. The van der Waals surface area contributed by atoms with E-state index in [1.807, 2.05) is 31.4 Å². The summed E-state index contributed by atoms with van der Waals surface area (Å²) < 4.78 is 7.13. The zero-order valence-corrected chi connectivity index (χ0v) is 14.8. The van der Waals surface area contributed by atoms with Crippen molar-refractivity contribution in [3.05, 3.63) is 47.8 Å². The first-order valence-electron chi connectivity index (χ1n) is 8.49. The maximum atomic E-state index is 12.5. The van der Waals surface area contributed by atoms with E-state index in [1.165, 1.54) is 0 Å². The number of hydrogen-bond donors (Lipinski definition) is 1. The zero-order valence-electron chi connectivity index (χ0n) is 14.8. The summed E-state index contributed by atoms with van der Waals surface area (Å²) in [6.45, 7) is 4.70. The molecular weight excluding hydrogens is 318 g/mol. The van der Waals surface area contributed by atoms with Crippen LogP contribution in [0.1, 0.15) is 11.1 Å². The SMILES string of the molecule is CN(Cc1cnn(C)c1)C(=O)Nc1ccccc1CN1CCOCC1. The highest BCUT2D eigenvalue weighted by Crippen LogP contribution is 2.18. The van der Waals surface area contributed by atoms with E-state index in [0.717, 1.165) is 49.7 Å². The molecule has 1 fully saturated rings. The molecule has 1 aromatic heterocycles. The molecule has 0 bridgehead atoms. The van der Waals surface area contributed by atoms with Crippen LogP contribution in [0.4, 0.5) is 10.5 Å². The molecule has 1 saturated heterocycles. The predicted octanol–water partition coefficient (Wildman–Crippen LogP) is 1.92. The van der Waals surface area contributed by atoms with Gasteiger partial charge in [-0.3, -0.25) is 9.58 Å². The van der Waals surface area contributed by atoms with Gasteiger partial charge in [0.2, 0.25) is 0 Å². The molecule has 2 aromatic rings. The summed E-state index contributed by atoms with van der Waals surface area (Å²) in [6.07, 6.45) is 3.69. The first-order valence-corrected chi connectivity index (χ1v) is 8.49. The van der Waals surface area contributed by atoms with Crippen molar-refractivity contribution in [3.63, 3.8) is 0 Å². The third kappa shape index (κ3) is 4.80. The number of morpholine rings is 1. The molecule has 1 N–H and O–H groups in total. The van der Waals surface area contributed by atoms with Gasteiger partial charge in [0.25, 0.3) is 0 Å². The monoisotopic (exact) mass is 343 g/mol. The number of aromatic nitrogens is 2. The molecule has 1 aliphatic rings. The number of ether oxygens (including phenoxy) is 1. The number of aryl methyl sites for hydroxylation is 1. The standard InChI is InChI=1S/C18H25N5O2/c1-21(12-15-11-19-22(2)13-15)18(24)20-17-6-4-3-5-16(17)14-23-7-9-25-10-8-23/h3-6,11,13H,7-10,12,14H2,1-2H3,(H,20,24). The van der Waals surface area contributed by atoms with E-state index >= 15 is 0 Å². The summed E-state index contributed by atoms with van der Waals surface area (Å²) in [7, 11) is 3.65. The summed E-state index contributed by atoms with van der Waals surface area (Å²) >= 11 is 0. The lowest BCUT2D eigenvalue weighted by Crippen LogP contribution is -2.36. The largest absolute Gasteiger partial charge is 0.379 e. The van der Waals surface area contributed by atoms with Crippen molar-refractivity contribution in [1.29, 1.82) is 0 Å². The Balaban J connectivity index is 1.62. The lowest BCUT2D eigenvalue weighted by Gasteiger charge is -2.27. The van der Waals surface area contributed by atoms with Gasteiger partial charge in [-0.05, 0) is 11.6 Å². The quantitative estimate of drug-likeness (QED) is 0.901. The van der Waals surface area contributed by atoms with Crippen molar-refractivity contribution >= 4 is 11.7 Å². The van der Waals surface area contributed by atoms with Crippen LogP contribution < -0.4 is 5.32 Å². The van der Waals surface area contributed by atoms with Crippen molar-refractivity contribution in [2.75, 3.05) is 38.7 Å². The van der Waals surface area contributed by atoms with Crippen molar-refractivity contribution in [2.45, 2.75) is 13.1 Å². The molecule has 7 nitrogen and oxygen atoms in total. The van der Waals surface area contributed by atoms with E-state index < -0.39 is 0 Å². The fourth-order valence-electron chi connectivity index (χ4n) is 2.89. The zero-order chi connectivity index (χ0) is 17.6. The lowest BCUT2D eigenvalue weighted by molar-refractivity contribution is 0.0342. The van der Waals surface area contributed by atoms with E-state index in [1.54, 1.807) is 22.8 Å². The first kappa shape index (κ1) is 17.4. The molecule has 0 atom stereocenters. The van der Waals surface area contributed by atoms with Gasteiger partial charge in [-0.25, -0.2) is 4.79 Å². The Labute approximate surface area is 148 Å². The fraction of sp³-hybridized carbons (Fsp3) is 0.444. The molecule has 0 aliphatic carbocycles. The third-order valence-electron chi connectivity index (χ3n) is 4.28. The molecule has 0 unspecified atom stereocenters. The van der Waals surface area contributed by atoms with Crippen LogP contribution in [-0.2, 0) is 24.9 Å². The Morgan fingerprint density at radius 2 is 2.08 bits per heavy atom. The third-order valence-corrected chi connectivity index (χ3v) is 4.28. The van der Waals surface area contributed by atoms with Gasteiger partial charge in [-0.2, -0.15) is 5.10 Å². The van der Waals surface area contributed by atoms with Crippen LogP contribution in [-0.4, -0.2) is 59.0 Å². The highest BCUT2D eigenvalue weighted by atomic mass is 16.5. The lowest BCUT2D eigenvalue weighted by atomic mass is 10.1. The molecule has 134 valence electrons. The Morgan fingerprint density at radius 1 is 1.32 bits per heavy atom. The molecule has 1 aromatic carbocycles. The smallest absolute Gasteiger partial charge is 0.321 e. The van der Waals surface area contributed by atoms with Crippen LogP contribution in [0.3, 0.4) is 0 Å². The molecule has 7 heteroatoms. The fourth-order valence-corrected chi connectivity index (χ4v) is 2.89. The second-order valence-corrected chi connectivity index (χ2v) is 6.35. The molecule has 0 spiro atoms. The van der Waals surface area contributed by atoms with Crippen LogP contribution in [0.5, 0.6) is 0 Å². The minimum Gasteiger partial charge on any atom is -0.379 e. The Bertz CT molecular complexity index is 709. The van der Waals surface area contributed by atoms with Crippen molar-refractivity contribution in [3.8, 4) is 0 Å². The van der Waals surface area contributed by atoms with Gasteiger partial charge in [0.1, 0.15) is 0 Å². The van der Waals surface area contributed by atoms with Gasteiger partial charge in [0.05, 0.1) is 26.0 Å². The first-order chi connectivity index (χ1) is 12.1. The van der Waals surface area contributed by atoms with E-state index in [0.29, 0.717) is 6.54 Å². The summed E-state index contributed by atoms with van der Waals surface area (Å²) in [5, 5.41) is 7.16. The molecule has 25 heavy (non-hydrogen) atoms. The Hall–Kier alpha value is -2.38. The molecule has 3 rings (SSSR count). The number of hydrogen-bond acceptors (Lipinski definition) is 4. The average Bonchev–Trinajstić information content (AvgIpc) is 3.02. The second kappa shape index (κ2) is 8.13. The highest BCUT2D eigenvalue weighted by molar-refractivity contribution is 5.89. The number of carbonyl (C=O) groups is 1. The molecule has 2 heterocycles. The van der Waals surface area contributed by atoms with Gasteiger partial charge in [-0.1, -0.05) is 18.2 Å². The van der Waals surface area contributed by atoms with Crippen LogP contribution in [0.2, 0.25) is 0 Å². The summed E-state index contributed by atoms with van der Waals surface area (Å²) in [6, 6.07) is 7.83. The average molecular weight is 343 g/mol. The van der Waals surface area contributed by atoms with Gasteiger partial charge in [-0.15, -0.1) is 0 Å². The van der Waals surface area contributed by atoms with Crippen molar-refractivity contribution < 1.29 is 9.53 Å². The number of nitrogens with one attached hydrogen (secondary N) is 1. The number of amides is 2. The van der Waals surface area contributed by atoms with Crippen molar-refractivity contribution in [2.24, 2.45) is 7.05 Å². The van der Waals surface area contributed by atoms with Crippen molar-refractivity contribution in [1.82, 2.24) is 19.6 Å². The predicted molar refractivity (Wildman–Crippen MR) is 96.2 cm³/mol. The molecular formula is C18H25N5O2. The molecule has 0 radical (unpaired) electrons. The molecule has 0 saturated carbocycles. The number of benzene rings is 1. The highest BCUT2D eigenvalue weighted by Gasteiger charge is 2.15. The van der Waals surface area contributed by atoms with Crippen LogP contribution in [0.15, 0.2) is 36.7 Å². The summed E-state index contributed by atoms with van der Waals surface area (Å²) in [4.78, 5) is 16.5. The number of nitrogens with zero attached hydrogens (tertiary/aromatic N) is 4. The number of rotatable bonds is 5. The minimum atomic E-state index is -0.127. The molecule has 1 aliphatic heterocycles. The van der Waals surface area contributed by atoms with Crippen LogP contribution >= 0.6 is 0 Å². The van der Waals surface area contributed by atoms with E-state index in [4.69, 9.17) is 4.74 Å². The Kier molecular flexibility index (Phi) is 5.67. The van der Waals surface area contributed by atoms with Gasteiger partial charge < -0.3 is 15.0 Å². The van der Waals surface area contributed by atoms with Gasteiger partial charge in [0.15, 0.2) is 0 Å². The minimum absolute atomic E-state index is 0.127. The van der Waals surface area contributed by atoms with Gasteiger partial charge >= 0.3 is 6.03 Å². The number of anilines is 1.